The standard InChI is InChI=1S/C23H30N4O4/c1-18-7-8-19(6-2-3-11-24-12-4-5-13-25-16-28)14-20(18)15-27(17-29)21-9-10-22(30)26-23(21)31/h7-8,14,16-17,21,24H,3-5,9-13,15H2,1H3,(H,25,28)(H,26,30,31). The van der Waals surface area contributed by atoms with E-state index in [1.165, 1.54) is 4.90 Å². The molecule has 2 rings (SSSR count). The molecule has 0 bridgehead atoms. The van der Waals surface area contributed by atoms with E-state index in [0.717, 1.165) is 42.6 Å². The lowest BCUT2D eigenvalue weighted by Gasteiger charge is -2.30. The van der Waals surface area contributed by atoms with Gasteiger partial charge < -0.3 is 15.5 Å². The van der Waals surface area contributed by atoms with Gasteiger partial charge in [-0.15, -0.1) is 0 Å². The number of piperidine rings is 1. The number of carbonyl (C=O) groups is 4. The van der Waals surface area contributed by atoms with Crippen LogP contribution in [0.15, 0.2) is 18.2 Å². The topological polar surface area (TPSA) is 108 Å². The third kappa shape index (κ3) is 8.22. The first-order valence-electron chi connectivity index (χ1n) is 10.6. The lowest BCUT2D eigenvalue weighted by molar-refractivity contribution is -0.141. The van der Waals surface area contributed by atoms with Crippen molar-refractivity contribution in [3.8, 4) is 11.8 Å². The molecule has 1 unspecified atom stereocenters. The van der Waals surface area contributed by atoms with Crippen LogP contribution in [0.4, 0.5) is 0 Å². The molecular formula is C23H30N4O4. The SMILES string of the molecule is Cc1ccc(C#CCCNCCCCNC=O)cc1CN(C=O)C1CCC(=O)NC1=O. The minimum atomic E-state index is -0.635. The summed E-state index contributed by atoms with van der Waals surface area (Å²) in [5.74, 6) is 5.57. The molecule has 1 fully saturated rings. The number of aryl methyl sites for hydroxylation is 1. The number of unbranched alkanes of at least 4 members (excludes halogenated alkanes) is 1. The lowest BCUT2D eigenvalue weighted by Crippen LogP contribution is -2.51. The first-order valence-corrected chi connectivity index (χ1v) is 10.6. The number of carbonyl (C=O) groups excluding carboxylic acids is 4. The van der Waals surface area contributed by atoms with Crippen molar-refractivity contribution < 1.29 is 19.2 Å². The number of hydrogen-bond donors (Lipinski definition) is 3. The zero-order valence-corrected chi connectivity index (χ0v) is 17.9. The molecule has 1 aromatic rings. The van der Waals surface area contributed by atoms with Crippen LogP contribution in [0.3, 0.4) is 0 Å². The van der Waals surface area contributed by atoms with E-state index < -0.39 is 11.9 Å². The molecule has 1 aliphatic heterocycles. The Labute approximate surface area is 183 Å². The van der Waals surface area contributed by atoms with Crippen LogP contribution in [0.5, 0.6) is 0 Å². The third-order valence-corrected chi connectivity index (χ3v) is 5.12. The summed E-state index contributed by atoms with van der Waals surface area (Å²) in [4.78, 5) is 46.6. The fourth-order valence-corrected chi connectivity index (χ4v) is 3.31. The Balaban J connectivity index is 1.85. The van der Waals surface area contributed by atoms with E-state index in [1.54, 1.807) is 0 Å². The van der Waals surface area contributed by atoms with E-state index in [2.05, 4.69) is 27.8 Å². The highest BCUT2D eigenvalue weighted by molar-refractivity contribution is 6.00. The van der Waals surface area contributed by atoms with Gasteiger partial charge >= 0.3 is 0 Å². The van der Waals surface area contributed by atoms with Crippen molar-refractivity contribution in [2.45, 2.75) is 51.6 Å². The van der Waals surface area contributed by atoms with Gasteiger partial charge in [-0.05, 0) is 56.0 Å². The minimum Gasteiger partial charge on any atom is -0.359 e. The summed E-state index contributed by atoms with van der Waals surface area (Å²) >= 11 is 0. The van der Waals surface area contributed by atoms with E-state index in [4.69, 9.17) is 0 Å². The number of amides is 4. The van der Waals surface area contributed by atoms with Gasteiger partial charge in [-0.1, -0.05) is 17.9 Å². The average molecular weight is 427 g/mol. The van der Waals surface area contributed by atoms with Gasteiger partial charge in [0.25, 0.3) is 0 Å². The first kappa shape index (κ1) is 24.1. The highest BCUT2D eigenvalue weighted by Crippen LogP contribution is 2.18. The maximum absolute atomic E-state index is 12.1. The smallest absolute Gasteiger partial charge is 0.249 e. The van der Waals surface area contributed by atoms with Crippen LogP contribution in [0, 0.1) is 18.8 Å². The van der Waals surface area contributed by atoms with Crippen molar-refractivity contribution in [2.75, 3.05) is 19.6 Å². The monoisotopic (exact) mass is 426 g/mol. The van der Waals surface area contributed by atoms with Crippen LogP contribution in [-0.4, -0.2) is 55.2 Å². The molecule has 31 heavy (non-hydrogen) atoms. The second kappa shape index (κ2) is 13.2. The zero-order valence-electron chi connectivity index (χ0n) is 17.9. The predicted molar refractivity (Wildman–Crippen MR) is 117 cm³/mol. The third-order valence-electron chi connectivity index (χ3n) is 5.12. The molecule has 1 atom stereocenters. The number of nitrogens with zero attached hydrogens (tertiary/aromatic N) is 1. The molecule has 1 aromatic carbocycles. The van der Waals surface area contributed by atoms with Crippen molar-refractivity contribution in [3.05, 3.63) is 34.9 Å². The summed E-state index contributed by atoms with van der Waals surface area (Å²) in [5.41, 5.74) is 2.79. The molecule has 0 aliphatic carbocycles. The predicted octanol–water partition coefficient (Wildman–Crippen LogP) is 0.616. The largest absolute Gasteiger partial charge is 0.359 e. The fraction of sp³-hybridized carbons (Fsp3) is 0.478. The van der Waals surface area contributed by atoms with E-state index >= 15 is 0 Å². The highest BCUT2D eigenvalue weighted by Gasteiger charge is 2.31. The number of nitrogens with one attached hydrogen (secondary N) is 3. The van der Waals surface area contributed by atoms with Gasteiger partial charge in [-0.25, -0.2) is 0 Å². The van der Waals surface area contributed by atoms with Gasteiger partial charge in [0.05, 0.1) is 0 Å². The number of hydrogen-bond acceptors (Lipinski definition) is 5. The molecule has 1 aliphatic rings. The Morgan fingerprint density at radius 1 is 1.19 bits per heavy atom. The lowest BCUT2D eigenvalue weighted by atomic mass is 10.0. The molecule has 0 spiro atoms. The molecule has 8 heteroatoms. The maximum Gasteiger partial charge on any atom is 0.249 e. The number of imide groups is 1. The molecule has 1 heterocycles. The van der Waals surface area contributed by atoms with Crippen molar-refractivity contribution in [2.24, 2.45) is 0 Å². The van der Waals surface area contributed by atoms with Gasteiger partial charge in [0.15, 0.2) is 0 Å². The number of benzene rings is 1. The van der Waals surface area contributed by atoms with Gasteiger partial charge in [0, 0.05) is 38.0 Å². The molecule has 0 radical (unpaired) electrons. The molecule has 3 N–H and O–H groups in total. The molecule has 1 saturated heterocycles. The van der Waals surface area contributed by atoms with E-state index in [9.17, 15) is 19.2 Å². The first-order chi connectivity index (χ1) is 15.0. The fourth-order valence-electron chi connectivity index (χ4n) is 3.31. The summed E-state index contributed by atoms with van der Waals surface area (Å²) in [6, 6.07) is 5.21. The van der Waals surface area contributed by atoms with Crippen LogP contribution in [0.25, 0.3) is 0 Å². The quantitative estimate of drug-likeness (QED) is 0.197. The van der Waals surface area contributed by atoms with Crippen LogP contribution in [-0.2, 0) is 25.7 Å². The maximum atomic E-state index is 12.1. The van der Waals surface area contributed by atoms with Crippen LogP contribution in [0.1, 0.15) is 48.8 Å². The Kier molecular flexibility index (Phi) is 10.3. The molecule has 8 nitrogen and oxygen atoms in total. The normalized spacial score (nSPS) is 15.5. The van der Waals surface area contributed by atoms with Crippen molar-refractivity contribution in [1.82, 2.24) is 20.9 Å². The molecule has 4 amide bonds. The second-order valence-corrected chi connectivity index (χ2v) is 7.47. The van der Waals surface area contributed by atoms with E-state index in [-0.39, 0.29) is 18.9 Å². The second-order valence-electron chi connectivity index (χ2n) is 7.47. The summed E-state index contributed by atoms with van der Waals surface area (Å²) in [5, 5.41) is 8.25. The van der Waals surface area contributed by atoms with Gasteiger partial charge in [0.2, 0.25) is 24.6 Å². The summed E-state index contributed by atoms with van der Waals surface area (Å²) in [6.07, 6.45) is 4.60. The Morgan fingerprint density at radius 2 is 2.00 bits per heavy atom. The summed E-state index contributed by atoms with van der Waals surface area (Å²) < 4.78 is 0. The molecule has 0 saturated carbocycles. The van der Waals surface area contributed by atoms with Crippen molar-refractivity contribution in [1.29, 1.82) is 0 Å². The minimum absolute atomic E-state index is 0.231. The number of rotatable bonds is 12. The molecular weight excluding hydrogens is 396 g/mol. The summed E-state index contributed by atoms with van der Waals surface area (Å²) in [6.45, 7) is 4.62. The van der Waals surface area contributed by atoms with Gasteiger partial charge in [-0.3, -0.25) is 24.5 Å². The van der Waals surface area contributed by atoms with Crippen molar-refractivity contribution >= 4 is 24.6 Å². The van der Waals surface area contributed by atoms with E-state index in [0.29, 0.717) is 32.2 Å². The van der Waals surface area contributed by atoms with Crippen LogP contribution >= 0.6 is 0 Å². The Bertz CT molecular complexity index is 844. The van der Waals surface area contributed by atoms with Crippen molar-refractivity contribution in [3.63, 3.8) is 0 Å². The molecule has 166 valence electrons. The summed E-state index contributed by atoms with van der Waals surface area (Å²) in [7, 11) is 0. The average Bonchev–Trinajstić information content (AvgIpc) is 2.75. The Morgan fingerprint density at radius 3 is 2.74 bits per heavy atom. The van der Waals surface area contributed by atoms with Gasteiger partial charge in [-0.2, -0.15) is 0 Å². The molecule has 0 aromatic heterocycles. The van der Waals surface area contributed by atoms with Crippen LogP contribution < -0.4 is 16.0 Å². The highest BCUT2D eigenvalue weighted by atomic mass is 16.2. The Hall–Kier alpha value is -3.18. The van der Waals surface area contributed by atoms with Gasteiger partial charge in [0.1, 0.15) is 6.04 Å². The van der Waals surface area contributed by atoms with E-state index in [1.807, 2.05) is 25.1 Å². The zero-order chi connectivity index (χ0) is 22.5. The van der Waals surface area contributed by atoms with Crippen LogP contribution in [0.2, 0.25) is 0 Å².